The van der Waals surface area contributed by atoms with Crippen LogP contribution in [0.25, 0.3) is 0 Å². The van der Waals surface area contributed by atoms with E-state index < -0.39 is 0 Å². The van der Waals surface area contributed by atoms with Crippen molar-refractivity contribution in [3.63, 3.8) is 0 Å². The number of anilines is 1. The van der Waals surface area contributed by atoms with Gasteiger partial charge in [0.25, 0.3) is 0 Å². The number of nitrogens with zero attached hydrogens (tertiary/aromatic N) is 2. The first-order chi connectivity index (χ1) is 7.38. The molecule has 1 aromatic heterocycles. The van der Waals surface area contributed by atoms with Crippen molar-refractivity contribution in [3.8, 4) is 0 Å². The highest BCUT2D eigenvalue weighted by molar-refractivity contribution is 7.99. The van der Waals surface area contributed by atoms with Gasteiger partial charge < -0.3 is 10.1 Å². The Labute approximate surface area is 94.4 Å². The van der Waals surface area contributed by atoms with Gasteiger partial charge in [0.15, 0.2) is 0 Å². The highest BCUT2D eigenvalue weighted by Gasteiger charge is 2.15. The highest BCUT2D eigenvalue weighted by Crippen LogP contribution is 2.20. The summed E-state index contributed by atoms with van der Waals surface area (Å²) in [5.74, 6) is 2.48. The summed E-state index contributed by atoms with van der Waals surface area (Å²) in [7, 11) is 1.71. The second-order valence-electron chi connectivity index (χ2n) is 3.69. The highest BCUT2D eigenvalue weighted by atomic mass is 32.2. The van der Waals surface area contributed by atoms with Crippen LogP contribution in [0.4, 0.5) is 5.69 Å². The third-order valence-electron chi connectivity index (χ3n) is 2.46. The number of nitrogens with one attached hydrogen (secondary N) is 1. The van der Waals surface area contributed by atoms with E-state index in [1.165, 1.54) is 17.9 Å². The third kappa shape index (κ3) is 3.14. The first kappa shape index (κ1) is 10.8. The van der Waals surface area contributed by atoms with Gasteiger partial charge in [0.05, 0.1) is 25.0 Å². The zero-order chi connectivity index (χ0) is 10.5. The van der Waals surface area contributed by atoms with Crippen LogP contribution < -0.4 is 5.32 Å². The van der Waals surface area contributed by atoms with Crippen molar-refractivity contribution in [1.29, 1.82) is 0 Å². The average molecular weight is 227 g/mol. The average Bonchev–Trinajstić information content (AvgIpc) is 2.87. The molecular formula is C10H17N3OS. The van der Waals surface area contributed by atoms with Crippen molar-refractivity contribution in [2.24, 2.45) is 0 Å². The maximum Gasteiger partial charge on any atom is 0.0728 e. The van der Waals surface area contributed by atoms with Gasteiger partial charge in [0.1, 0.15) is 0 Å². The molecule has 2 rings (SSSR count). The maximum atomic E-state index is 5.00. The molecule has 0 radical (unpaired) electrons. The molecule has 2 heterocycles. The minimum Gasteiger partial charge on any atom is -0.383 e. The largest absolute Gasteiger partial charge is 0.383 e. The van der Waals surface area contributed by atoms with Gasteiger partial charge in [-0.1, -0.05) is 0 Å². The molecule has 0 saturated carbocycles. The Hall–Kier alpha value is -0.680. The smallest absolute Gasteiger partial charge is 0.0728 e. The quantitative estimate of drug-likeness (QED) is 0.826. The fourth-order valence-corrected chi connectivity index (χ4v) is 2.78. The Morgan fingerprint density at radius 1 is 1.73 bits per heavy atom. The minimum absolute atomic E-state index is 0.620. The van der Waals surface area contributed by atoms with Crippen LogP contribution in [-0.4, -0.2) is 41.0 Å². The van der Waals surface area contributed by atoms with Crippen LogP contribution in [0.2, 0.25) is 0 Å². The number of aromatic nitrogens is 2. The summed E-state index contributed by atoms with van der Waals surface area (Å²) in [6.45, 7) is 1.53. The van der Waals surface area contributed by atoms with Gasteiger partial charge in [-0.3, -0.25) is 4.68 Å². The van der Waals surface area contributed by atoms with E-state index in [0.717, 1.165) is 12.2 Å². The van der Waals surface area contributed by atoms with E-state index in [4.69, 9.17) is 4.74 Å². The van der Waals surface area contributed by atoms with Crippen molar-refractivity contribution in [1.82, 2.24) is 9.78 Å². The molecule has 1 atom stereocenters. The standard InChI is InChI=1S/C10H17N3OS/c1-14-4-3-13-7-10(6-11-13)12-9-2-5-15-8-9/h6-7,9,12H,2-5,8H2,1H3. The summed E-state index contributed by atoms with van der Waals surface area (Å²) in [5, 5.41) is 7.76. The molecule has 1 aliphatic heterocycles. The van der Waals surface area contributed by atoms with Crippen molar-refractivity contribution < 1.29 is 4.74 Å². The van der Waals surface area contributed by atoms with Crippen molar-refractivity contribution in [3.05, 3.63) is 12.4 Å². The fraction of sp³-hybridized carbons (Fsp3) is 0.700. The van der Waals surface area contributed by atoms with Gasteiger partial charge in [0, 0.05) is 25.1 Å². The topological polar surface area (TPSA) is 39.1 Å². The monoisotopic (exact) mass is 227 g/mol. The van der Waals surface area contributed by atoms with Crippen LogP contribution in [0.3, 0.4) is 0 Å². The number of ether oxygens (including phenoxy) is 1. The Bertz CT molecular complexity index is 297. The summed E-state index contributed by atoms with van der Waals surface area (Å²) < 4.78 is 6.91. The Morgan fingerprint density at radius 2 is 2.67 bits per heavy atom. The lowest BCUT2D eigenvalue weighted by Crippen LogP contribution is -2.17. The molecule has 1 saturated heterocycles. The van der Waals surface area contributed by atoms with Gasteiger partial charge in [-0.2, -0.15) is 16.9 Å². The molecule has 1 fully saturated rings. The van der Waals surface area contributed by atoms with Gasteiger partial charge >= 0.3 is 0 Å². The SMILES string of the molecule is COCCn1cc(NC2CCSC2)cn1. The molecule has 0 bridgehead atoms. The molecule has 0 aliphatic carbocycles. The summed E-state index contributed by atoms with van der Waals surface area (Å²) in [6.07, 6.45) is 5.19. The summed E-state index contributed by atoms with van der Waals surface area (Å²) >= 11 is 2.01. The molecule has 0 amide bonds. The molecule has 1 aliphatic rings. The van der Waals surface area contributed by atoms with E-state index in [1.54, 1.807) is 7.11 Å². The molecule has 0 spiro atoms. The second kappa shape index (κ2) is 5.42. The van der Waals surface area contributed by atoms with Gasteiger partial charge in [-0.05, 0) is 12.2 Å². The lowest BCUT2D eigenvalue weighted by molar-refractivity contribution is 0.183. The van der Waals surface area contributed by atoms with Crippen molar-refractivity contribution in [2.45, 2.75) is 19.0 Å². The van der Waals surface area contributed by atoms with E-state index in [0.29, 0.717) is 12.6 Å². The van der Waals surface area contributed by atoms with Crippen LogP contribution in [0.15, 0.2) is 12.4 Å². The van der Waals surface area contributed by atoms with E-state index in [2.05, 4.69) is 10.4 Å². The van der Waals surface area contributed by atoms with Crippen LogP contribution in [-0.2, 0) is 11.3 Å². The lowest BCUT2D eigenvalue weighted by Gasteiger charge is -2.09. The zero-order valence-corrected chi connectivity index (χ0v) is 9.80. The lowest BCUT2D eigenvalue weighted by atomic mass is 10.2. The zero-order valence-electron chi connectivity index (χ0n) is 8.98. The fourth-order valence-electron chi connectivity index (χ4n) is 1.63. The van der Waals surface area contributed by atoms with Crippen molar-refractivity contribution in [2.75, 3.05) is 30.5 Å². The van der Waals surface area contributed by atoms with Crippen LogP contribution in [0, 0.1) is 0 Å². The molecule has 0 aromatic carbocycles. The van der Waals surface area contributed by atoms with E-state index in [-0.39, 0.29) is 0 Å². The van der Waals surface area contributed by atoms with Crippen LogP contribution in [0.1, 0.15) is 6.42 Å². The van der Waals surface area contributed by atoms with Gasteiger partial charge in [-0.25, -0.2) is 0 Å². The molecule has 5 heteroatoms. The molecule has 1 unspecified atom stereocenters. The Balaban J connectivity index is 1.83. The van der Waals surface area contributed by atoms with E-state index >= 15 is 0 Å². The number of methoxy groups -OCH3 is 1. The van der Waals surface area contributed by atoms with E-state index in [1.807, 2.05) is 28.8 Å². The number of rotatable bonds is 5. The number of hydrogen-bond acceptors (Lipinski definition) is 4. The van der Waals surface area contributed by atoms with E-state index in [9.17, 15) is 0 Å². The predicted molar refractivity (Wildman–Crippen MR) is 63.5 cm³/mol. The first-order valence-electron chi connectivity index (χ1n) is 5.24. The maximum absolute atomic E-state index is 5.00. The molecule has 84 valence electrons. The molecule has 15 heavy (non-hydrogen) atoms. The normalized spacial score (nSPS) is 20.7. The Morgan fingerprint density at radius 3 is 3.40 bits per heavy atom. The summed E-state index contributed by atoms with van der Waals surface area (Å²) in [4.78, 5) is 0. The number of hydrogen-bond donors (Lipinski definition) is 1. The predicted octanol–water partition coefficient (Wildman–Crippen LogP) is 1.45. The van der Waals surface area contributed by atoms with Crippen LogP contribution >= 0.6 is 11.8 Å². The summed E-state index contributed by atoms with van der Waals surface area (Å²) in [6, 6.07) is 0.620. The number of thioether (sulfide) groups is 1. The van der Waals surface area contributed by atoms with Gasteiger partial charge in [0.2, 0.25) is 0 Å². The second-order valence-corrected chi connectivity index (χ2v) is 4.84. The molecule has 4 nitrogen and oxygen atoms in total. The molecule has 1 aromatic rings. The molecule has 1 N–H and O–H groups in total. The summed E-state index contributed by atoms with van der Waals surface area (Å²) in [5.41, 5.74) is 1.12. The third-order valence-corrected chi connectivity index (χ3v) is 3.62. The Kier molecular flexibility index (Phi) is 3.91. The molecular weight excluding hydrogens is 210 g/mol. The first-order valence-corrected chi connectivity index (χ1v) is 6.39. The minimum atomic E-state index is 0.620. The van der Waals surface area contributed by atoms with Gasteiger partial charge in [-0.15, -0.1) is 0 Å². The van der Waals surface area contributed by atoms with Crippen LogP contribution in [0.5, 0.6) is 0 Å². The van der Waals surface area contributed by atoms with Crippen molar-refractivity contribution >= 4 is 17.4 Å².